The number of thiophene rings is 1. The van der Waals surface area contributed by atoms with Crippen LogP contribution in [0.25, 0.3) is 21.3 Å². The van der Waals surface area contributed by atoms with Crippen LogP contribution in [0.2, 0.25) is 0 Å². The van der Waals surface area contributed by atoms with E-state index in [0.717, 1.165) is 45.7 Å². The number of amides is 1. The van der Waals surface area contributed by atoms with E-state index in [1.807, 2.05) is 39.0 Å². The van der Waals surface area contributed by atoms with E-state index in [1.165, 1.54) is 34.4 Å². The number of fused-ring (bicyclic) bond motifs is 1. The topological polar surface area (TPSA) is 64.0 Å². The maximum atomic E-state index is 13.5. The fourth-order valence-corrected chi connectivity index (χ4v) is 5.12. The number of hydrogen-bond acceptors (Lipinski definition) is 4. The second kappa shape index (κ2) is 9.27. The Kier molecular flexibility index (Phi) is 6.42. The van der Waals surface area contributed by atoms with E-state index >= 15 is 0 Å². The third-order valence-electron chi connectivity index (χ3n) is 5.99. The van der Waals surface area contributed by atoms with E-state index < -0.39 is 6.04 Å². The first-order valence-electron chi connectivity index (χ1n) is 11.0. The SMILES string of the molecule is CCc1cccc(CC)c1NC(=O)C(C)n1cnc2sc(C)c(-c3ccc(F)cc3)c2c1=O. The summed E-state index contributed by atoms with van der Waals surface area (Å²) in [6.45, 7) is 7.71. The standard InChI is InChI=1S/C26H26FN3O2S/c1-5-17-8-7-9-18(6-2)23(17)29-24(31)15(3)30-14-28-25-22(26(30)32)21(16(4)33-25)19-10-12-20(27)13-11-19/h7-15H,5-6H2,1-4H3,(H,29,31). The summed E-state index contributed by atoms with van der Waals surface area (Å²) >= 11 is 1.41. The van der Waals surface area contributed by atoms with Gasteiger partial charge in [-0.2, -0.15) is 0 Å². The number of para-hydroxylation sites is 1. The van der Waals surface area contributed by atoms with Crippen LogP contribution in [-0.2, 0) is 17.6 Å². The zero-order valence-corrected chi connectivity index (χ0v) is 19.9. The quantitative estimate of drug-likeness (QED) is 0.387. The molecule has 0 bridgehead atoms. The van der Waals surface area contributed by atoms with E-state index in [1.54, 1.807) is 19.1 Å². The van der Waals surface area contributed by atoms with Crippen LogP contribution in [0.5, 0.6) is 0 Å². The molecule has 1 N–H and O–H groups in total. The summed E-state index contributed by atoms with van der Waals surface area (Å²) in [5.74, 6) is -0.611. The lowest BCUT2D eigenvalue weighted by Gasteiger charge is -2.19. The van der Waals surface area contributed by atoms with Gasteiger partial charge in [-0.3, -0.25) is 14.2 Å². The molecule has 0 aliphatic rings. The number of hydrogen-bond donors (Lipinski definition) is 1. The summed E-state index contributed by atoms with van der Waals surface area (Å²) in [5.41, 5.74) is 4.13. The van der Waals surface area contributed by atoms with Gasteiger partial charge in [-0.15, -0.1) is 11.3 Å². The molecule has 4 rings (SSSR count). The largest absolute Gasteiger partial charge is 0.324 e. The molecule has 4 aromatic rings. The molecule has 2 aromatic heterocycles. The van der Waals surface area contributed by atoms with Crippen LogP contribution >= 0.6 is 11.3 Å². The number of halogens is 1. The Balaban J connectivity index is 1.76. The molecule has 33 heavy (non-hydrogen) atoms. The summed E-state index contributed by atoms with van der Waals surface area (Å²) in [7, 11) is 0. The fraction of sp³-hybridized carbons (Fsp3) is 0.269. The Morgan fingerprint density at radius 3 is 2.36 bits per heavy atom. The number of nitrogens with one attached hydrogen (secondary N) is 1. The van der Waals surface area contributed by atoms with Crippen LogP contribution in [0, 0.1) is 12.7 Å². The maximum absolute atomic E-state index is 13.5. The highest BCUT2D eigenvalue weighted by Gasteiger charge is 2.23. The molecule has 0 fully saturated rings. The Morgan fingerprint density at radius 2 is 1.76 bits per heavy atom. The van der Waals surface area contributed by atoms with Gasteiger partial charge >= 0.3 is 0 Å². The molecule has 1 unspecified atom stereocenters. The highest BCUT2D eigenvalue weighted by molar-refractivity contribution is 7.19. The van der Waals surface area contributed by atoms with Crippen LogP contribution in [0.3, 0.4) is 0 Å². The van der Waals surface area contributed by atoms with Gasteiger partial charge in [0.2, 0.25) is 5.91 Å². The summed E-state index contributed by atoms with van der Waals surface area (Å²) in [4.78, 5) is 32.7. The molecule has 0 spiro atoms. The highest BCUT2D eigenvalue weighted by atomic mass is 32.1. The molecular formula is C26H26FN3O2S. The van der Waals surface area contributed by atoms with Crippen molar-refractivity contribution in [3.05, 3.63) is 81.0 Å². The molecular weight excluding hydrogens is 437 g/mol. The third-order valence-corrected chi connectivity index (χ3v) is 7.00. The van der Waals surface area contributed by atoms with Crippen molar-refractivity contribution in [2.75, 3.05) is 5.32 Å². The van der Waals surface area contributed by atoms with E-state index in [0.29, 0.717) is 10.2 Å². The summed E-state index contributed by atoms with van der Waals surface area (Å²) in [6.07, 6.45) is 3.02. The maximum Gasteiger partial charge on any atom is 0.263 e. The number of anilines is 1. The van der Waals surface area contributed by atoms with Crippen molar-refractivity contribution >= 4 is 33.1 Å². The van der Waals surface area contributed by atoms with Crippen molar-refractivity contribution in [3.63, 3.8) is 0 Å². The number of nitrogens with zero attached hydrogens (tertiary/aromatic N) is 2. The van der Waals surface area contributed by atoms with Gasteiger partial charge in [0, 0.05) is 16.1 Å². The molecule has 5 nitrogen and oxygen atoms in total. The molecule has 170 valence electrons. The molecule has 0 saturated heterocycles. The highest BCUT2D eigenvalue weighted by Crippen LogP contribution is 2.35. The van der Waals surface area contributed by atoms with Crippen LogP contribution in [0.1, 0.15) is 42.8 Å². The molecule has 1 amide bonds. The fourth-order valence-electron chi connectivity index (χ4n) is 4.11. The number of carbonyl (C=O) groups excluding carboxylic acids is 1. The second-order valence-corrected chi connectivity index (χ2v) is 9.20. The Bertz CT molecular complexity index is 1370. The normalized spacial score (nSPS) is 12.2. The molecule has 0 aliphatic heterocycles. The van der Waals surface area contributed by atoms with Crippen LogP contribution in [0.15, 0.2) is 53.6 Å². The molecule has 0 saturated carbocycles. The number of benzene rings is 2. The monoisotopic (exact) mass is 463 g/mol. The van der Waals surface area contributed by atoms with E-state index in [2.05, 4.69) is 10.3 Å². The minimum absolute atomic E-state index is 0.274. The zero-order chi connectivity index (χ0) is 23.7. The minimum Gasteiger partial charge on any atom is -0.324 e. The smallest absolute Gasteiger partial charge is 0.263 e. The van der Waals surface area contributed by atoms with Crippen molar-refractivity contribution in [1.82, 2.24) is 9.55 Å². The molecule has 2 heterocycles. The van der Waals surface area contributed by atoms with Crippen molar-refractivity contribution in [2.24, 2.45) is 0 Å². The molecule has 2 aromatic carbocycles. The van der Waals surface area contributed by atoms with Gasteiger partial charge in [-0.1, -0.05) is 44.2 Å². The number of carbonyl (C=O) groups is 1. The predicted octanol–water partition coefficient (Wildman–Crippen LogP) is 5.90. The van der Waals surface area contributed by atoms with Crippen molar-refractivity contribution in [2.45, 2.75) is 46.6 Å². The van der Waals surface area contributed by atoms with Crippen LogP contribution in [0.4, 0.5) is 10.1 Å². The Hall–Kier alpha value is -3.32. The molecule has 0 radical (unpaired) electrons. The van der Waals surface area contributed by atoms with Crippen molar-refractivity contribution in [1.29, 1.82) is 0 Å². The predicted molar refractivity (Wildman–Crippen MR) is 133 cm³/mol. The van der Waals surface area contributed by atoms with Gasteiger partial charge in [0.25, 0.3) is 5.56 Å². The van der Waals surface area contributed by atoms with E-state index in [-0.39, 0.29) is 17.3 Å². The van der Waals surface area contributed by atoms with Crippen molar-refractivity contribution in [3.8, 4) is 11.1 Å². The van der Waals surface area contributed by atoms with Gasteiger partial charge < -0.3 is 5.32 Å². The molecule has 1 atom stereocenters. The summed E-state index contributed by atoms with van der Waals surface area (Å²) in [5, 5.41) is 3.50. The first kappa shape index (κ1) is 22.9. The Morgan fingerprint density at radius 1 is 1.12 bits per heavy atom. The zero-order valence-electron chi connectivity index (χ0n) is 19.1. The van der Waals surface area contributed by atoms with Crippen LogP contribution in [-0.4, -0.2) is 15.5 Å². The van der Waals surface area contributed by atoms with Gasteiger partial charge in [0.1, 0.15) is 16.7 Å². The van der Waals surface area contributed by atoms with Gasteiger partial charge in [0.05, 0.1) is 11.7 Å². The van der Waals surface area contributed by atoms with Gasteiger partial charge in [0.15, 0.2) is 0 Å². The number of rotatable bonds is 6. The lowest BCUT2D eigenvalue weighted by atomic mass is 10.0. The minimum atomic E-state index is -0.759. The first-order valence-corrected chi connectivity index (χ1v) is 11.8. The summed E-state index contributed by atoms with van der Waals surface area (Å²) in [6, 6.07) is 11.3. The summed E-state index contributed by atoms with van der Waals surface area (Å²) < 4.78 is 14.8. The molecule has 7 heteroatoms. The lowest BCUT2D eigenvalue weighted by Crippen LogP contribution is -2.32. The first-order chi connectivity index (χ1) is 15.8. The molecule has 0 aliphatic carbocycles. The number of aryl methyl sites for hydroxylation is 3. The average Bonchev–Trinajstić information content (AvgIpc) is 3.16. The van der Waals surface area contributed by atoms with E-state index in [4.69, 9.17) is 0 Å². The Labute approximate surface area is 195 Å². The van der Waals surface area contributed by atoms with Crippen LogP contribution < -0.4 is 10.9 Å². The van der Waals surface area contributed by atoms with Gasteiger partial charge in [-0.05, 0) is 55.5 Å². The number of aromatic nitrogens is 2. The lowest BCUT2D eigenvalue weighted by molar-refractivity contribution is -0.118. The second-order valence-electron chi connectivity index (χ2n) is 8.00. The van der Waals surface area contributed by atoms with Crippen molar-refractivity contribution < 1.29 is 9.18 Å². The average molecular weight is 464 g/mol. The van der Waals surface area contributed by atoms with E-state index in [9.17, 15) is 14.0 Å². The third kappa shape index (κ3) is 4.20. The van der Waals surface area contributed by atoms with Gasteiger partial charge in [-0.25, -0.2) is 9.37 Å².